The normalized spacial score (nSPS) is 10.6. The van der Waals surface area contributed by atoms with Crippen LogP contribution in [0, 0.1) is 5.82 Å². The summed E-state index contributed by atoms with van der Waals surface area (Å²) < 4.78 is 14.7. The molecule has 1 N–H and O–H groups in total. The van der Waals surface area contributed by atoms with Crippen molar-refractivity contribution >= 4 is 29.3 Å². The Kier molecular flexibility index (Phi) is 5.62. The van der Waals surface area contributed by atoms with Crippen LogP contribution in [0.1, 0.15) is 5.56 Å². The van der Waals surface area contributed by atoms with Crippen LogP contribution < -0.4 is 5.32 Å². The number of halogens is 2. The van der Waals surface area contributed by atoms with Gasteiger partial charge in [-0.05, 0) is 46.3 Å². The maximum absolute atomic E-state index is 13.3. The van der Waals surface area contributed by atoms with E-state index in [9.17, 15) is 9.18 Å². The lowest BCUT2D eigenvalue weighted by molar-refractivity contribution is -0.118. The molecule has 0 spiro atoms. The summed E-state index contributed by atoms with van der Waals surface area (Å²) in [6, 6.07) is 13.1. The molecule has 0 saturated heterocycles. The van der Waals surface area contributed by atoms with Crippen LogP contribution in [0.25, 0.3) is 5.69 Å². The first-order valence-electron chi connectivity index (χ1n) is 7.30. The standard InChI is InChI=1S/C16H13ClFN5OS/c17-12-6-4-11(5-7-12)9-19-15(24)10-25-16-20-21-22-23(16)14-3-1-2-13(18)8-14/h1-8H,9-10H2,(H,19,24). The minimum absolute atomic E-state index is 0.142. The lowest BCUT2D eigenvalue weighted by atomic mass is 10.2. The molecule has 1 heterocycles. The minimum atomic E-state index is -0.385. The lowest BCUT2D eigenvalue weighted by Crippen LogP contribution is -2.24. The maximum atomic E-state index is 13.3. The van der Waals surface area contributed by atoms with E-state index in [-0.39, 0.29) is 17.5 Å². The first-order chi connectivity index (χ1) is 12.1. The highest BCUT2D eigenvalue weighted by molar-refractivity contribution is 7.99. The summed E-state index contributed by atoms with van der Waals surface area (Å²) in [5, 5.41) is 15.2. The summed E-state index contributed by atoms with van der Waals surface area (Å²) in [5.41, 5.74) is 1.45. The van der Waals surface area contributed by atoms with Gasteiger partial charge in [-0.25, -0.2) is 4.39 Å². The zero-order valence-electron chi connectivity index (χ0n) is 12.9. The lowest BCUT2D eigenvalue weighted by Gasteiger charge is -2.06. The molecule has 0 bridgehead atoms. The highest BCUT2D eigenvalue weighted by Gasteiger charge is 2.12. The molecule has 0 radical (unpaired) electrons. The largest absolute Gasteiger partial charge is 0.351 e. The molecule has 3 aromatic rings. The smallest absolute Gasteiger partial charge is 0.230 e. The van der Waals surface area contributed by atoms with E-state index in [0.717, 1.165) is 5.56 Å². The maximum Gasteiger partial charge on any atom is 0.230 e. The van der Waals surface area contributed by atoms with Gasteiger partial charge in [-0.2, -0.15) is 4.68 Å². The molecule has 25 heavy (non-hydrogen) atoms. The number of hydrogen-bond donors (Lipinski definition) is 1. The van der Waals surface area contributed by atoms with Crippen LogP contribution in [0.4, 0.5) is 4.39 Å². The molecular weight excluding hydrogens is 365 g/mol. The number of nitrogens with one attached hydrogen (secondary N) is 1. The highest BCUT2D eigenvalue weighted by atomic mass is 35.5. The molecule has 0 aliphatic carbocycles. The number of amides is 1. The van der Waals surface area contributed by atoms with E-state index in [1.54, 1.807) is 24.3 Å². The second kappa shape index (κ2) is 8.09. The van der Waals surface area contributed by atoms with Gasteiger partial charge in [-0.3, -0.25) is 4.79 Å². The number of rotatable bonds is 6. The molecule has 6 nitrogen and oxygen atoms in total. The van der Waals surface area contributed by atoms with Gasteiger partial charge in [0, 0.05) is 11.6 Å². The van der Waals surface area contributed by atoms with Crippen LogP contribution in [0.15, 0.2) is 53.7 Å². The third-order valence-electron chi connectivity index (χ3n) is 3.23. The molecule has 0 aliphatic heterocycles. The Labute approximate surface area is 152 Å². The van der Waals surface area contributed by atoms with Crippen molar-refractivity contribution in [1.82, 2.24) is 25.5 Å². The Morgan fingerprint density at radius 3 is 2.80 bits per heavy atom. The molecular formula is C16H13ClFN5OS. The van der Waals surface area contributed by atoms with Gasteiger partial charge in [-0.15, -0.1) is 5.10 Å². The average Bonchev–Trinajstić information content (AvgIpc) is 3.08. The monoisotopic (exact) mass is 377 g/mol. The molecule has 9 heteroatoms. The molecule has 0 fully saturated rings. The molecule has 0 saturated carbocycles. The summed E-state index contributed by atoms with van der Waals surface area (Å²) >= 11 is 6.99. The van der Waals surface area contributed by atoms with Gasteiger partial charge in [0.2, 0.25) is 11.1 Å². The Balaban J connectivity index is 1.56. The number of carbonyl (C=O) groups excluding carboxylic acids is 1. The van der Waals surface area contributed by atoms with Crippen LogP contribution in [0.3, 0.4) is 0 Å². The third kappa shape index (κ3) is 4.77. The van der Waals surface area contributed by atoms with Crippen molar-refractivity contribution < 1.29 is 9.18 Å². The van der Waals surface area contributed by atoms with E-state index in [1.165, 1.54) is 28.6 Å². The number of tetrazole rings is 1. The van der Waals surface area contributed by atoms with E-state index < -0.39 is 0 Å². The number of thioether (sulfide) groups is 1. The third-order valence-corrected chi connectivity index (χ3v) is 4.40. The van der Waals surface area contributed by atoms with Crippen LogP contribution in [0.5, 0.6) is 0 Å². The number of aromatic nitrogens is 4. The van der Waals surface area contributed by atoms with E-state index in [4.69, 9.17) is 11.6 Å². The van der Waals surface area contributed by atoms with Gasteiger partial charge < -0.3 is 5.32 Å². The summed E-state index contributed by atoms with van der Waals surface area (Å²) in [6.07, 6.45) is 0. The molecule has 0 atom stereocenters. The fraction of sp³-hybridized carbons (Fsp3) is 0.125. The van der Waals surface area contributed by atoms with Crippen LogP contribution in [0.2, 0.25) is 5.02 Å². The van der Waals surface area contributed by atoms with E-state index in [0.29, 0.717) is 22.4 Å². The zero-order valence-corrected chi connectivity index (χ0v) is 14.5. The summed E-state index contributed by atoms with van der Waals surface area (Å²) in [4.78, 5) is 12.0. The second-order valence-electron chi connectivity index (χ2n) is 5.05. The van der Waals surface area contributed by atoms with E-state index >= 15 is 0 Å². The Morgan fingerprint density at radius 1 is 1.24 bits per heavy atom. The number of carbonyl (C=O) groups is 1. The van der Waals surface area contributed by atoms with Gasteiger partial charge in [0.15, 0.2) is 0 Å². The van der Waals surface area contributed by atoms with Crippen molar-refractivity contribution in [3.05, 3.63) is 64.9 Å². The Morgan fingerprint density at radius 2 is 2.04 bits per heavy atom. The van der Waals surface area contributed by atoms with Crippen LogP contribution in [-0.4, -0.2) is 31.9 Å². The molecule has 3 rings (SSSR count). The summed E-state index contributed by atoms with van der Waals surface area (Å²) in [7, 11) is 0. The second-order valence-corrected chi connectivity index (χ2v) is 6.42. The SMILES string of the molecule is O=C(CSc1nnnn1-c1cccc(F)c1)NCc1ccc(Cl)cc1. The van der Waals surface area contributed by atoms with Crippen molar-refractivity contribution in [2.24, 2.45) is 0 Å². The van der Waals surface area contributed by atoms with Gasteiger partial charge in [0.1, 0.15) is 5.82 Å². The molecule has 2 aromatic carbocycles. The average molecular weight is 378 g/mol. The number of hydrogen-bond acceptors (Lipinski definition) is 5. The minimum Gasteiger partial charge on any atom is -0.351 e. The Bertz CT molecular complexity index is 871. The van der Waals surface area contributed by atoms with Gasteiger partial charge >= 0.3 is 0 Å². The molecule has 1 aromatic heterocycles. The fourth-order valence-electron chi connectivity index (χ4n) is 2.02. The molecule has 128 valence electrons. The quantitative estimate of drug-likeness (QED) is 0.669. The first-order valence-corrected chi connectivity index (χ1v) is 8.66. The predicted molar refractivity (Wildman–Crippen MR) is 93.1 cm³/mol. The van der Waals surface area contributed by atoms with E-state index in [2.05, 4.69) is 20.8 Å². The van der Waals surface area contributed by atoms with Gasteiger partial charge in [0.05, 0.1) is 11.4 Å². The summed E-state index contributed by atoms with van der Waals surface area (Å²) in [6.45, 7) is 0.408. The van der Waals surface area contributed by atoms with Crippen LogP contribution in [-0.2, 0) is 11.3 Å². The Hall–Kier alpha value is -2.45. The molecule has 0 aliphatic rings. The van der Waals surface area contributed by atoms with Crippen molar-refractivity contribution in [1.29, 1.82) is 0 Å². The topological polar surface area (TPSA) is 72.7 Å². The fourth-order valence-corrected chi connectivity index (χ4v) is 2.87. The number of nitrogens with zero attached hydrogens (tertiary/aromatic N) is 4. The van der Waals surface area contributed by atoms with Crippen molar-refractivity contribution in [3.63, 3.8) is 0 Å². The zero-order chi connectivity index (χ0) is 17.6. The van der Waals surface area contributed by atoms with Crippen LogP contribution >= 0.6 is 23.4 Å². The first kappa shape index (κ1) is 17.4. The highest BCUT2D eigenvalue weighted by Crippen LogP contribution is 2.18. The van der Waals surface area contributed by atoms with Crippen molar-refractivity contribution in [2.75, 3.05) is 5.75 Å². The number of benzene rings is 2. The van der Waals surface area contributed by atoms with Gasteiger partial charge in [-0.1, -0.05) is 41.6 Å². The van der Waals surface area contributed by atoms with Gasteiger partial charge in [0.25, 0.3) is 0 Å². The molecule has 0 unspecified atom stereocenters. The predicted octanol–water partition coefficient (Wildman–Crippen LogP) is 2.86. The summed E-state index contributed by atoms with van der Waals surface area (Å²) in [5.74, 6) is -0.401. The van der Waals surface area contributed by atoms with Crippen molar-refractivity contribution in [2.45, 2.75) is 11.7 Å². The molecule has 1 amide bonds. The van der Waals surface area contributed by atoms with Crippen molar-refractivity contribution in [3.8, 4) is 5.69 Å². The van der Waals surface area contributed by atoms with E-state index in [1.807, 2.05) is 12.1 Å².